The van der Waals surface area contributed by atoms with Gasteiger partial charge in [0.1, 0.15) is 6.54 Å². The van der Waals surface area contributed by atoms with Gasteiger partial charge in [-0.05, 0) is 0 Å². The second-order valence-corrected chi connectivity index (χ2v) is 4.13. The van der Waals surface area contributed by atoms with Crippen molar-refractivity contribution in [3.05, 3.63) is 0 Å². The average Bonchev–Trinajstić information content (AvgIpc) is 1.73. The summed E-state index contributed by atoms with van der Waals surface area (Å²) in [6.07, 6.45) is -2.38. The molecule has 1 atom stereocenters. The fourth-order valence-corrected chi connectivity index (χ4v) is 1.02. The quantitative estimate of drug-likeness (QED) is 0.415. The van der Waals surface area contributed by atoms with Crippen molar-refractivity contribution in [1.82, 2.24) is 0 Å². The Bertz CT molecular complexity index is 243. The van der Waals surface area contributed by atoms with Crippen LogP contribution in [0.5, 0.6) is 0 Å². The van der Waals surface area contributed by atoms with Gasteiger partial charge in [-0.2, -0.15) is 0 Å². The van der Waals surface area contributed by atoms with Crippen molar-refractivity contribution in [1.29, 1.82) is 0 Å². The van der Waals surface area contributed by atoms with Crippen LogP contribution in [0.1, 0.15) is 14.7 Å². The van der Waals surface area contributed by atoms with E-state index >= 15 is 0 Å². The fourth-order valence-electron chi connectivity index (χ4n) is 1.02. The normalized spacial score (nSPS) is 16.7. The highest BCUT2D eigenvalue weighted by molar-refractivity contribution is 5.68. The maximum atomic E-state index is 10.8. The Morgan fingerprint density at radius 2 is 2.00 bits per heavy atom. The van der Waals surface area contributed by atoms with Crippen LogP contribution >= 0.6 is 0 Å². The summed E-state index contributed by atoms with van der Waals surface area (Å²) in [6.45, 7) is 1.23. The van der Waals surface area contributed by atoms with Gasteiger partial charge in [-0.1, -0.05) is 0 Å². The van der Waals surface area contributed by atoms with E-state index < -0.39 is 24.4 Å². The molecule has 0 N–H and O–H groups in total. The maximum Gasteiger partial charge on any atom is 0.303 e. The summed E-state index contributed by atoms with van der Waals surface area (Å²) in [5, 5.41) is 10.5. The first kappa shape index (κ1) is 11.0. The summed E-state index contributed by atoms with van der Waals surface area (Å²) in [7, 11) is 5.34. The molecule has 0 aliphatic rings. The molecule has 0 unspecified atom stereocenters. The highest BCUT2D eigenvalue weighted by Gasteiger charge is 2.20. The zero-order valence-corrected chi connectivity index (χ0v) is 8.99. The second kappa shape index (κ2) is 4.95. The molecule has 0 aromatic carbocycles. The SMILES string of the molecule is [2H][C@](CC(=O)[O-])(C[N+](C)(C)C)OC(C)=O. The predicted octanol–water partition coefficient (Wildman–Crippen LogP) is -1.24. The summed E-state index contributed by atoms with van der Waals surface area (Å²) >= 11 is 0. The number of hydrogen-bond donors (Lipinski definition) is 0. The van der Waals surface area contributed by atoms with Crippen LogP contribution in [0.15, 0.2) is 0 Å². The topological polar surface area (TPSA) is 66.4 Å². The molecule has 0 aromatic heterocycles. The fraction of sp³-hybridized carbons (Fsp3) is 0.778. The molecular formula is C9H17NO4. The number of quaternary nitrogens is 1. The van der Waals surface area contributed by atoms with Crippen molar-refractivity contribution < 1.29 is 25.3 Å². The Kier molecular flexibility index (Phi) is 3.88. The van der Waals surface area contributed by atoms with Gasteiger partial charge in [0.25, 0.3) is 0 Å². The lowest BCUT2D eigenvalue weighted by atomic mass is 10.2. The smallest absolute Gasteiger partial charge is 0.303 e. The number of nitrogens with zero attached hydrogens (tertiary/aromatic N) is 1. The molecule has 0 heterocycles. The summed E-state index contributed by atoms with van der Waals surface area (Å²) in [5.74, 6) is -2.07. The zero-order chi connectivity index (χ0) is 12.3. The average molecular weight is 204 g/mol. The van der Waals surface area contributed by atoms with Crippen LogP contribution in [0.3, 0.4) is 0 Å². The van der Waals surface area contributed by atoms with Crippen molar-refractivity contribution in [2.45, 2.75) is 19.4 Å². The van der Waals surface area contributed by atoms with Crippen molar-refractivity contribution in [2.75, 3.05) is 27.7 Å². The second-order valence-electron chi connectivity index (χ2n) is 4.13. The third-order valence-corrected chi connectivity index (χ3v) is 1.28. The van der Waals surface area contributed by atoms with Gasteiger partial charge in [-0.3, -0.25) is 4.79 Å². The Balaban J connectivity index is 4.69. The van der Waals surface area contributed by atoms with Gasteiger partial charge < -0.3 is 19.1 Å². The van der Waals surface area contributed by atoms with Crippen molar-refractivity contribution in [3.63, 3.8) is 0 Å². The van der Waals surface area contributed by atoms with Gasteiger partial charge in [-0.15, -0.1) is 0 Å². The summed E-state index contributed by atoms with van der Waals surface area (Å²) in [6, 6.07) is 0. The molecule has 0 amide bonds. The lowest BCUT2D eigenvalue weighted by Gasteiger charge is -2.28. The minimum Gasteiger partial charge on any atom is -0.550 e. The number of rotatable bonds is 5. The van der Waals surface area contributed by atoms with E-state index in [0.717, 1.165) is 6.92 Å². The molecule has 0 fully saturated rings. The molecule has 5 nitrogen and oxygen atoms in total. The van der Waals surface area contributed by atoms with Gasteiger partial charge in [0, 0.05) is 19.3 Å². The van der Waals surface area contributed by atoms with E-state index in [1.54, 1.807) is 21.1 Å². The highest BCUT2D eigenvalue weighted by Crippen LogP contribution is 2.04. The molecule has 0 rings (SSSR count). The molecule has 0 spiro atoms. The van der Waals surface area contributed by atoms with Crippen molar-refractivity contribution in [3.8, 4) is 0 Å². The number of carbonyl (C=O) groups is 2. The summed E-state index contributed by atoms with van der Waals surface area (Å²) < 4.78 is 12.8. The lowest BCUT2D eigenvalue weighted by molar-refractivity contribution is -0.873. The predicted molar refractivity (Wildman–Crippen MR) is 48.1 cm³/mol. The number of carbonyl (C=O) groups excluding carboxylic acids is 2. The largest absolute Gasteiger partial charge is 0.550 e. The number of aliphatic carboxylic acids is 1. The molecule has 0 aliphatic carbocycles. The standard InChI is InChI=1S/C9H17NO4/c1-7(11)14-8(5-9(12)13)6-10(2,3)4/h8H,5-6H2,1-4H3/t8-/m0/s1/i8D. The Morgan fingerprint density at radius 3 is 2.29 bits per heavy atom. The Labute approximate surface area is 85.3 Å². The van der Waals surface area contributed by atoms with E-state index in [2.05, 4.69) is 0 Å². The van der Waals surface area contributed by atoms with Gasteiger partial charge in [-0.25, -0.2) is 0 Å². The first-order valence-corrected chi connectivity index (χ1v) is 4.24. The third-order valence-electron chi connectivity index (χ3n) is 1.28. The van der Waals surface area contributed by atoms with Gasteiger partial charge in [0.15, 0.2) is 6.08 Å². The number of carboxylic acids is 1. The number of likely N-dealkylation sites (N-methyl/N-ethyl adjacent to an activating group) is 1. The molecular weight excluding hydrogens is 186 g/mol. The van der Waals surface area contributed by atoms with Gasteiger partial charge in [0.2, 0.25) is 0 Å². The number of ether oxygens (including phenoxy) is 1. The highest BCUT2D eigenvalue weighted by atomic mass is 16.5. The minimum atomic E-state index is -1.76. The minimum absolute atomic E-state index is 0.0839. The van der Waals surface area contributed by atoms with Gasteiger partial charge >= 0.3 is 5.97 Å². The van der Waals surface area contributed by atoms with Crippen molar-refractivity contribution >= 4 is 11.9 Å². The van der Waals surface area contributed by atoms with Crippen LogP contribution in [0.2, 0.25) is 0 Å². The maximum absolute atomic E-state index is 10.8. The Morgan fingerprint density at radius 1 is 1.50 bits per heavy atom. The summed E-state index contributed by atoms with van der Waals surface area (Å²) in [4.78, 5) is 21.2. The van der Waals surface area contributed by atoms with E-state index in [-0.39, 0.29) is 6.54 Å². The first-order chi connectivity index (χ1) is 6.54. The molecule has 5 heteroatoms. The van der Waals surface area contributed by atoms with Gasteiger partial charge in [0.05, 0.1) is 22.5 Å². The van der Waals surface area contributed by atoms with E-state index in [1.165, 1.54) is 0 Å². The molecule has 82 valence electrons. The molecule has 14 heavy (non-hydrogen) atoms. The molecule has 0 bridgehead atoms. The molecule has 0 saturated heterocycles. The third kappa shape index (κ3) is 7.54. The van der Waals surface area contributed by atoms with Crippen LogP contribution in [0.25, 0.3) is 0 Å². The monoisotopic (exact) mass is 204 g/mol. The van der Waals surface area contributed by atoms with E-state index in [9.17, 15) is 14.7 Å². The molecule has 0 aromatic rings. The van der Waals surface area contributed by atoms with E-state index in [1.807, 2.05) is 0 Å². The first-order valence-electron chi connectivity index (χ1n) is 4.74. The van der Waals surface area contributed by atoms with Crippen LogP contribution in [0.4, 0.5) is 0 Å². The van der Waals surface area contributed by atoms with E-state index in [4.69, 9.17) is 6.11 Å². The summed E-state index contributed by atoms with van der Waals surface area (Å²) in [5.41, 5.74) is 0. The number of hydrogen-bond acceptors (Lipinski definition) is 4. The van der Waals surface area contributed by atoms with Crippen LogP contribution in [-0.2, 0) is 14.3 Å². The van der Waals surface area contributed by atoms with Crippen LogP contribution in [-0.4, -0.2) is 50.2 Å². The Hall–Kier alpha value is -1.10. The molecule has 0 radical (unpaired) electrons. The molecule has 0 saturated carbocycles. The van der Waals surface area contributed by atoms with Crippen LogP contribution in [0, 0.1) is 0 Å². The number of carboxylic acid groups (broad SMARTS) is 1. The zero-order valence-electron chi connectivity index (χ0n) is 9.99. The molecule has 0 aliphatic heterocycles. The van der Waals surface area contributed by atoms with E-state index in [0.29, 0.717) is 4.48 Å². The lowest BCUT2D eigenvalue weighted by Crippen LogP contribution is -2.45. The van der Waals surface area contributed by atoms with Crippen molar-refractivity contribution in [2.24, 2.45) is 0 Å². The van der Waals surface area contributed by atoms with Crippen LogP contribution < -0.4 is 5.11 Å². The number of esters is 1.